The molecule has 27 heavy (non-hydrogen) atoms. The first kappa shape index (κ1) is 21.2. The van der Waals surface area contributed by atoms with E-state index in [4.69, 9.17) is 0 Å². The van der Waals surface area contributed by atoms with Gasteiger partial charge in [0.25, 0.3) is 0 Å². The van der Waals surface area contributed by atoms with Gasteiger partial charge in [-0.05, 0) is 41.7 Å². The number of thioether (sulfide) groups is 1. The third-order valence-corrected chi connectivity index (χ3v) is 4.85. The van der Waals surface area contributed by atoms with Crippen LogP contribution in [0.25, 0.3) is 0 Å². The Balaban J connectivity index is 1.87. The Bertz CT molecular complexity index is 774. The fraction of sp³-hybridized carbons (Fsp3) is 0.350. The van der Waals surface area contributed by atoms with Crippen molar-refractivity contribution >= 4 is 23.4 Å². The average molecular weight is 397 g/mol. The van der Waals surface area contributed by atoms with Gasteiger partial charge in [-0.2, -0.15) is 0 Å². The lowest BCUT2D eigenvalue weighted by Crippen LogP contribution is -2.17. The lowest BCUT2D eigenvalue weighted by molar-refractivity contribution is -0.274. The fourth-order valence-corrected chi connectivity index (χ4v) is 3.35. The van der Waals surface area contributed by atoms with Gasteiger partial charge in [-0.1, -0.05) is 44.2 Å². The van der Waals surface area contributed by atoms with Crippen molar-refractivity contribution in [1.29, 1.82) is 0 Å². The van der Waals surface area contributed by atoms with E-state index in [1.54, 1.807) is 12.1 Å². The molecule has 0 aliphatic rings. The second-order valence-corrected chi connectivity index (χ2v) is 7.41. The van der Waals surface area contributed by atoms with Crippen molar-refractivity contribution in [2.45, 2.75) is 38.8 Å². The molecule has 0 heterocycles. The van der Waals surface area contributed by atoms with Crippen molar-refractivity contribution in [1.82, 2.24) is 0 Å². The van der Waals surface area contributed by atoms with Crippen LogP contribution in [0.1, 0.15) is 36.5 Å². The summed E-state index contributed by atoms with van der Waals surface area (Å²) in [6.45, 7) is 6.11. The summed E-state index contributed by atoms with van der Waals surface area (Å²) in [5.74, 6) is 0.713. The number of amides is 1. The number of carbonyl (C=O) groups excluding carboxylic acids is 1. The number of para-hydroxylation sites is 1. The van der Waals surface area contributed by atoms with Crippen LogP contribution in [0.5, 0.6) is 5.75 Å². The molecule has 3 nitrogen and oxygen atoms in total. The summed E-state index contributed by atoms with van der Waals surface area (Å²) in [4.78, 5) is 12.3. The van der Waals surface area contributed by atoms with Crippen LogP contribution in [0, 0.1) is 6.92 Å². The lowest BCUT2D eigenvalue weighted by Gasteiger charge is -2.16. The van der Waals surface area contributed by atoms with E-state index in [0.29, 0.717) is 11.7 Å². The van der Waals surface area contributed by atoms with Crippen molar-refractivity contribution in [3.05, 3.63) is 59.2 Å². The van der Waals surface area contributed by atoms with Crippen molar-refractivity contribution in [2.75, 3.05) is 11.1 Å². The first-order chi connectivity index (χ1) is 12.7. The largest absolute Gasteiger partial charge is 0.573 e. The van der Waals surface area contributed by atoms with Gasteiger partial charge in [-0.15, -0.1) is 24.9 Å². The van der Waals surface area contributed by atoms with Gasteiger partial charge in [0.1, 0.15) is 5.75 Å². The topological polar surface area (TPSA) is 38.3 Å². The Kier molecular flexibility index (Phi) is 7.18. The SMILES string of the molecule is Cc1cccc(C(C)C)c1NC(=O)CSCc1ccc(OC(F)(F)F)cc1. The van der Waals surface area contributed by atoms with Crippen molar-refractivity contribution in [3.8, 4) is 5.75 Å². The highest BCUT2D eigenvalue weighted by Gasteiger charge is 2.30. The summed E-state index contributed by atoms with van der Waals surface area (Å²) in [6.07, 6.45) is -4.70. The molecule has 0 spiro atoms. The minimum Gasteiger partial charge on any atom is -0.406 e. The number of alkyl halides is 3. The number of rotatable bonds is 7. The molecule has 2 aromatic rings. The number of hydrogen-bond donors (Lipinski definition) is 1. The van der Waals surface area contributed by atoms with E-state index >= 15 is 0 Å². The second-order valence-electron chi connectivity index (χ2n) is 6.43. The zero-order chi connectivity index (χ0) is 20.0. The molecule has 0 unspecified atom stereocenters. The quantitative estimate of drug-likeness (QED) is 0.633. The molecule has 1 N–H and O–H groups in total. The van der Waals surface area contributed by atoms with E-state index in [0.717, 1.165) is 22.4 Å². The molecule has 0 fully saturated rings. The Morgan fingerprint density at radius 1 is 1.15 bits per heavy atom. The van der Waals surface area contributed by atoms with Gasteiger partial charge < -0.3 is 10.1 Å². The van der Waals surface area contributed by atoms with Crippen molar-refractivity contribution in [3.63, 3.8) is 0 Å². The molecule has 0 saturated carbocycles. The number of ether oxygens (including phenoxy) is 1. The average Bonchev–Trinajstić information content (AvgIpc) is 2.56. The maximum atomic E-state index is 12.3. The van der Waals surface area contributed by atoms with Crippen LogP contribution in [0.3, 0.4) is 0 Å². The number of aryl methyl sites for hydroxylation is 1. The number of hydrogen-bond acceptors (Lipinski definition) is 3. The predicted octanol–water partition coefficient (Wildman–Crippen LogP) is 5.89. The molecule has 0 aliphatic heterocycles. The van der Waals surface area contributed by atoms with Crippen LogP contribution < -0.4 is 10.1 Å². The van der Waals surface area contributed by atoms with Crippen LogP contribution in [0.15, 0.2) is 42.5 Å². The fourth-order valence-electron chi connectivity index (χ4n) is 2.57. The Morgan fingerprint density at radius 2 is 1.81 bits per heavy atom. The molecule has 0 atom stereocenters. The molecule has 2 aromatic carbocycles. The van der Waals surface area contributed by atoms with Gasteiger partial charge in [-0.25, -0.2) is 0 Å². The normalized spacial score (nSPS) is 11.5. The number of anilines is 1. The third kappa shape index (κ3) is 6.82. The van der Waals surface area contributed by atoms with Gasteiger partial charge >= 0.3 is 6.36 Å². The molecule has 0 aliphatic carbocycles. The maximum Gasteiger partial charge on any atom is 0.573 e. The maximum absolute atomic E-state index is 12.3. The van der Waals surface area contributed by atoms with E-state index in [-0.39, 0.29) is 17.4 Å². The van der Waals surface area contributed by atoms with E-state index in [1.165, 1.54) is 23.9 Å². The summed E-state index contributed by atoms with van der Waals surface area (Å²) in [5.41, 5.74) is 3.78. The van der Waals surface area contributed by atoms with Gasteiger partial charge in [0, 0.05) is 11.4 Å². The van der Waals surface area contributed by atoms with E-state index in [9.17, 15) is 18.0 Å². The summed E-state index contributed by atoms with van der Waals surface area (Å²) in [6, 6.07) is 11.6. The van der Waals surface area contributed by atoms with Gasteiger partial charge in [-0.3, -0.25) is 4.79 Å². The van der Waals surface area contributed by atoms with Crippen molar-refractivity contribution < 1.29 is 22.7 Å². The molecule has 1 amide bonds. The smallest absolute Gasteiger partial charge is 0.406 e. The van der Waals surface area contributed by atoms with Crippen molar-refractivity contribution in [2.24, 2.45) is 0 Å². The molecular formula is C20H22F3NO2S. The van der Waals surface area contributed by atoms with E-state index in [1.807, 2.05) is 25.1 Å². The monoisotopic (exact) mass is 397 g/mol. The summed E-state index contributed by atoms with van der Waals surface area (Å²) in [7, 11) is 0. The lowest BCUT2D eigenvalue weighted by atomic mass is 9.98. The molecule has 0 aromatic heterocycles. The first-order valence-corrected chi connectivity index (χ1v) is 9.63. The van der Waals surface area contributed by atoms with Crippen LogP contribution in [-0.2, 0) is 10.5 Å². The number of benzene rings is 2. The van der Waals surface area contributed by atoms with Crippen LogP contribution in [-0.4, -0.2) is 18.0 Å². The highest BCUT2D eigenvalue weighted by Crippen LogP contribution is 2.28. The molecule has 0 saturated heterocycles. The summed E-state index contributed by atoms with van der Waals surface area (Å²) in [5, 5.41) is 2.98. The van der Waals surface area contributed by atoms with Gasteiger partial charge in [0.05, 0.1) is 5.75 Å². The molecule has 146 valence electrons. The Morgan fingerprint density at radius 3 is 2.41 bits per heavy atom. The number of halogens is 3. The van der Waals surface area contributed by atoms with Crippen LogP contribution >= 0.6 is 11.8 Å². The van der Waals surface area contributed by atoms with E-state index in [2.05, 4.69) is 23.9 Å². The summed E-state index contributed by atoms with van der Waals surface area (Å²) >= 11 is 1.40. The number of carbonyl (C=O) groups is 1. The minimum absolute atomic E-state index is 0.103. The van der Waals surface area contributed by atoms with Gasteiger partial charge in [0.15, 0.2) is 0 Å². The van der Waals surface area contributed by atoms with E-state index < -0.39 is 6.36 Å². The number of nitrogens with one attached hydrogen (secondary N) is 1. The van der Waals surface area contributed by atoms with Crippen LogP contribution in [0.4, 0.5) is 18.9 Å². The molecule has 7 heteroatoms. The summed E-state index contributed by atoms with van der Waals surface area (Å²) < 4.78 is 40.3. The molecule has 0 radical (unpaired) electrons. The molecule has 2 rings (SSSR count). The highest BCUT2D eigenvalue weighted by atomic mass is 32.2. The predicted molar refractivity (Wildman–Crippen MR) is 103 cm³/mol. The molecule has 0 bridgehead atoms. The third-order valence-electron chi connectivity index (χ3n) is 3.85. The zero-order valence-electron chi connectivity index (χ0n) is 15.4. The first-order valence-electron chi connectivity index (χ1n) is 8.47. The minimum atomic E-state index is -4.70. The van der Waals surface area contributed by atoms with Gasteiger partial charge in [0.2, 0.25) is 5.91 Å². The highest BCUT2D eigenvalue weighted by molar-refractivity contribution is 7.99. The van der Waals surface area contributed by atoms with Crippen LogP contribution in [0.2, 0.25) is 0 Å². The second kappa shape index (κ2) is 9.17. The Hall–Kier alpha value is -2.15. The molecular weight excluding hydrogens is 375 g/mol. The standard InChI is InChI=1S/C20H22F3NO2S/c1-13(2)17-6-4-5-14(3)19(17)24-18(25)12-27-11-15-7-9-16(10-8-15)26-20(21,22)23/h4-10,13H,11-12H2,1-3H3,(H,24,25). The zero-order valence-corrected chi connectivity index (χ0v) is 16.2. The Labute approximate surface area is 161 Å².